The summed E-state index contributed by atoms with van der Waals surface area (Å²) in [4.78, 5) is 28.8. The van der Waals surface area contributed by atoms with Crippen LogP contribution in [0.15, 0.2) is 107 Å². The molecule has 1 aliphatic heterocycles. The van der Waals surface area contributed by atoms with Gasteiger partial charge in [-0.3, -0.25) is 14.5 Å². The Balaban J connectivity index is 1.32. The Morgan fingerprint density at radius 1 is 0.875 bits per heavy atom. The minimum atomic E-state index is -0.890. The maximum absolute atomic E-state index is 13.7. The molecule has 6 rings (SSSR count). The molecule has 48 heavy (non-hydrogen) atoms. The second-order valence-electron chi connectivity index (χ2n) is 13.0. The first kappa shape index (κ1) is 33.2. The van der Waals surface area contributed by atoms with Gasteiger partial charge in [0, 0.05) is 11.3 Å². The quantitative estimate of drug-likeness (QED) is 0.0548. The zero-order valence-electron chi connectivity index (χ0n) is 27.6. The van der Waals surface area contributed by atoms with Crippen molar-refractivity contribution in [1.82, 2.24) is 10.2 Å². The molecule has 1 aliphatic rings. The highest BCUT2D eigenvalue weighted by Crippen LogP contribution is 2.44. The molecule has 1 aromatic heterocycles. The molecule has 7 nitrogen and oxygen atoms in total. The molecule has 0 saturated carbocycles. The first-order valence-electron chi connectivity index (χ1n) is 15.7. The summed E-state index contributed by atoms with van der Waals surface area (Å²) in [6, 6.07) is 30.2. The van der Waals surface area contributed by atoms with Crippen molar-refractivity contribution in [3.63, 3.8) is 0 Å². The van der Waals surface area contributed by atoms with Crippen LogP contribution >= 0.6 is 23.1 Å². The minimum absolute atomic E-state index is 0.000922. The largest absolute Gasteiger partial charge is 0.507 e. The molecule has 0 spiro atoms. The molecule has 1 amide bonds. The fraction of sp³-hybridized carbons (Fsp3) is 0.231. The number of rotatable bonds is 9. The molecule has 0 bridgehead atoms. The molecule has 5 aromatic rings. The molecule has 1 saturated heterocycles. The maximum Gasteiger partial charge on any atom is 0.301 e. The van der Waals surface area contributed by atoms with E-state index in [-0.39, 0.29) is 16.7 Å². The van der Waals surface area contributed by atoms with Crippen LogP contribution in [0.3, 0.4) is 0 Å². The van der Waals surface area contributed by atoms with Gasteiger partial charge in [0.1, 0.15) is 18.1 Å². The van der Waals surface area contributed by atoms with Gasteiger partial charge in [-0.25, -0.2) is 0 Å². The van der Waals surface area contributed by atoms with Crippen LogP contribution in [0.5, 0.6) is 5.75 Å². The van der Waals surface area contributed by atoms with Crippen molar-refractivity contribution in [3.05, 3.63) is 142 Å². The fourth-order valence-corrected chi connectivity index (χ4v) is 7.35. The third-order valence-corrected chi connectivity index (χ3v) is 10.4. The average Bonchev–Trinajstić information content (AvgIpc) is 3.64. The Morgan fingerprint density at radius 3 is 2.25 bits per heavy atom. The highest BCUT2D eigenvalue weighted by molar-refractivity contribution is 8.00. The maximum atomic E-state index is 13.7. The third-order valence-electron chi connectivity index (χ3n) is 8.24. The first-order valence-corrected chi connectivity index (χ1v) is 17.5. The van der Waals surface area contributed by atoms with Crippen molar-refractivity contribution in [2.75, 3.05) is 4.90 Å². The Bertz CT molecular complexity index is 1980. The highest BCUT2D eigenvalue weighted by atomic mass is 32.2. The monoisotopic (exact) mass is 675 g/mol. The number of amides is 1. The lowest BCUT2D eigenvalue weighted by atomic mass is 9.85. The zero-order valence-corrected chi connectivity index (χ0v) is 29.2. The van der Waals surface area contributed by atoms with Crippen LogP contribution in [0.4, 0.5) is 5.13 Å². The number of aliphatic hydroxyl groups is 1. The number of anilines is 1. The molecule has 1 atom stereocenters. The summed E-state index contributed by atoms with van der Waals surface area (Å²) >= 11 is 2.77. The number of aliphatic hydroxyl groups excluding tert-OH is 1. The first-order chi connectivity index (χ1) is 23.0. The van der Waals surface area contributed by atoms with Crippen molar-refractivity contribution in [2.45, 2.75) is 62.8 Å². The van der Waals surface area contributed by atoms with Crippen molar-refractivity contribution in [3.8, 4) is 5.75 Å². The normalized spacial score (nSPS) is 16.0. The number of aromatic nitrogens is 2. The predicted octanol–water partition coefficient (Wildman–Crippen LogP) is 8.95. The number of carbonyl (C=O) groups excluding carboxylic acids is 2. The number of thioether (sulfide) groups is 1. The number of ketones is 1. The smallest absolute Gasteiger partial charge is 0.301 e. The van der Waals surface area contributed by atoms with Gasteiger partial charge in [-0.15, -0.1) is 10.2 Å². The van der Waals surface area contributed by atoms with Gasteiger partial charge in [0.05, 0.1) is 11.6 Å². The van der Waals surface area contributed by atoms with Gasteiger partial charge in [-0.2, -0.15) is 0 Å². The van der Waals surface area contributed by atoms with Crippen LogP contribution in [-0.4, -0.2) is 27.0 Å². The number of carbonyl (C=O) groups is 2. The molecular weight excluding hydrogens is 639 g/mol. The fourth-order valence-electron chi connectivity index (χ4n) is 5.53. The van der Waals surface area contributed by atoms with E-state index in [1.807, 2.05) is 56.3 Å². The molecular formula is C39H37N3O4S2. The van der Waals surface area contributed by atoms with Crippen molar-refractivity contribution in [1.29, 1.82) is 0 Å². The summed E-state index contributed by atoms with van der Waals surface area (Å²) in [5, 5.41) is 20.6. The van der Waals surface area contributed by atoms with Crippen LogP contribution in [0.2, 0.25) is 0 Å². The summed E-state index contributed by atoms with van der Waals surface area (Å²) in [5.41, 5.74) is 6.64. The third kappa shape index (κ3) is 7.22. The lowest BCUT2D eigenvalue weighted by Crippen LogP contribution is -2.29. The summed E-state index contributed by atoms with van der Waals surface area (Å²) in [5.74, 6) is -0.486. The molecule has 2 heterocycles. The molecule has 0 aliphatic carbocycles. The van der Waals surface area contributed by atoms with E-state index in [0.717, 1.165) is 22.3 Å². The van der Waals surface area contributed by atoms with E-state index in [9.17, 15) is 14.7 Å². The van der Waals surface area contributed by atoms with Gasteiger partial charge < -0.3 is 9.84 Å². The van der Waals surface area contributed by atoms with Gasteiger partial charge >= 0.3 is 5.91 Å². The van der Waals surface area contributed by atoms with Gasteiger partial charge in [0.2, 0.25) is 5.13 Å². The standard InChI is InChI=1S/C39H37N3O4S2/c1-24-9-11-26(12-10-24)23-47-38-41-40-37(48-38)42-33(28-13-17-30(18-14-28)39(3,4)5)32(35(44)36(42)45)34(43)29-15-19-31(20-16-29)46-22-27-8-6-7-25(2)21-27/h6-21,33,43H,22-23H2,1-5H3/b34-32+. The lowest BCUT2D eigenvalue weighted by Gasteiger charge is -2.24. The molecule has 1 fully saturated rings. The number of ether oxygens (including phenoxy) is 1. The van der Waals surface area contributed by atoms with Crippen LogP contribution in [-0.2, 0) is 27.4 Å². The number of nitrogens with zero attached hydrogens (tertiary/aromatic N) is 3. The predicted molar refractivity (Wildman–Crippen MR) is 193 cm³/mol. The zero-order chi connectivity index (χ0) is 34.0. The Morgan fingerprint density at radius 2 is 1.58 bits per heavy atom. The van der Waals surface area contributed by atoms with Crippen molar-refractivity contribution >= 4 is 45.7 Å². The van der Waals surface area contributed by atoms with E-state index in [0.29, 0.717) is 38.7 Å². The van der Waals surface area contributed by atoms with E-state index in [4.69, 9.17) is 4.74 Å². The van der Waals surface area contributed by atoms with Crippen LogP contribution in [0, 0.1) is 13.8 Å². The van der Waals surface area contributed by atoms with E-state index in [2.05, 4.69) is 61.3 Å². The van der Waals surface area contributed by atoms with Gasteiger partial charge in [-0.1, -0.05) is 128 Å². The number of hydrogen-bond acceptors (Lipinski definition) is 8. The summed E-state index contributed by atoms with van der Waals surface area (Å²) in [6.45, 7) is 10.9. The number of benzene rings is 4. The van der Waals surface area contributed by atoms with E-state index in [1.165, 1.54) is 33.6 Å². The van der Waals surface area contributed by atoms with Crippen molar-refractivity contribution < 1.29 is 19.4 Å². The topological polar surface area (TPSA) is 92.6 Å². The van der Waals surface area contributed by atoms with Gasteiger partial charge in [-0.05, 0) is 65.8 Å². The SMILES string of the molecule is Cc1ccc(CSc2nnc(N3C(=O)C(=O)/C(=C(/O)c4ccc(OCc5cccc(C)c5)cc4)C3c3ccc(C(C)(C)C)cc3)s2)cc1. The van der Waals surface area contributed by atoms with E-state index in [1.54, 1.807) is 24.3 Å². The molecule has 1 N–H and O–H groups in total. The van der Waals surface area contributed by atoms with Gasteiger partial charge in [0.15, 0.2) is 4.34 Å². The Kier molecular flexibility index (Phi) is 9.53. The van der Waals surface area contributed by atoms with E-state index < -0.39 is 17.7 Å². The van der Waals surface area contributed by atoms with Crippen LogP contribution < -0.4 is 9.64 Å². The molecule has 0 radical (unpaired) electrons. The number of aryl methyl sites for hydroxylation is 2. The summed E-state index contributed by atoms with van der Waals surface area (Å²) in [7, 11) is 0. The molecule has 4 aromatic carbocycles. The number of hydrogen-bond donors (Lipinski definition) is 1. The second kappa shape index (κ2) is 13.8. The summed E-state index contributed by atoms with van der Waals surface area (Å²) in [6.07, 6.45) is 0. The summed E-state index contributed by atoms with van der Waals surface area (Å²) < 4.78 is 6.64. The second-order valence-corrected chi connectivity index (χ2v) is 15.1. The van der Waals surface area contributed by atoms with Crippen molar-refractivity contribution in [2.24, 2.45) is 0 Å². The van der Waals surface area contributed by atoms with Crippen LogP contribution in [0.1, 0.15) is 65.8 Å². The van der Waals surface area contributed by atoms with Crippen LogP contribution in [0.25, 0.3) is 5.76 Å². The Hall–Kier alpha value is -4.73. The highest BCUT2D eigenvalue weighted by Gasteiger charge is 2.48. The molecule has 244 valence electrons. The average molecular weight is 676 g/mol. The lowest BCUT2D eigenvalue weighted by molar-refractivity contribution is -0.132. The Labute approximate surface area is 289 Å². The van der Waals surface area contributed by atoms with E-state index >= 15 is 0 Å². The molecule has 9 heteroatoms. The number of Topliss-reactive ketones (excluding diaryl/α,β-unsaturated/α-hetero) is 1. The minimum Gasteiger partial charge on any atom is -0.507 e. The molecule has 1 unspecified atom stereocenters. The van der Waals surface area contributed by atoms with Gasteiger partial charge in [0.25, 0.3) is 5.78 Å².